The Bertz CT molecular complexity index is 166. The zero-order chi connectivity index (χ0) is 9.10. The summed E-state index contributed by atoms with van der Waals surface area (Å²) in [6.45, 7) is 6.05. The first-order valence-corrected chi connectivity index (χ1v) is 8.51. The predicted octanol–water partition coefficient (Wildman–Crippen LogP) is 3.56. The van der Waals surface area contributed by atoms with Gasteiger partial charge in [-0.15, -0.1) is 0 Å². The van der Waals surface area contributed by atoms with Gasteiger partial charge in [0.1, 0.15) is 0 Å². The van der Waals surface area contributed by atoms with Gasteiger partial charge in [0.05, 0.1) is 0 Å². The first-order valence-electron chi connectivity index (χ1n) is 5.35. The Morgan fingerprint density at radius 3 is 1.83 bits per heavy atom. The van der Waals surface area contributed by atoms with Gasteiger partial charge >= 0.3 is 76.8 Å². The SMILES string of the molecule is CCP1(CC)(CC)CC=CCC1. The van der Waals surface area contributed by atoms with Crippen molar-refractivity contribution in [3.8, 4) is 0 Å². The van der Waals surface area contributed by atoms with Crippen LogP contribution in [-0.2, 0) is 0 Å². The van der Waals surface area contributed by atoms with Crippen LogP contribution in [-0.4, -0.2) is 30.8 Å². The molecular weight excluding hydrogens is 163 g/mol. The molecule has 0 amide bonds. The second-order valence-corrected chi connectivity index (χ2v) is 11.5. The van der Waals surface area contributed by atoms with E-state index in [1.165, 1.54) is 37.2 Å². The summed E-state index contributed by atoms with van der Waals surface area (Å²) in [7, 11) is 0. The van der Waals surface area contributed by atoms with Crippen molar-refractivity contribution in [2.45, 2.75) is 27.2 Å². The van der Waals surface area contributed by atoms with Crippen LogP contribution in [0.2, 0.25) is 0 Å². The van der Waals surface area contributed by atoms with Crippen molar-refractivity contribution in [2.75, 3.05) is 30.8 Å². The maximum absolute atomic E-state index is 2.46. The Hall–Kier alpha value is 0.170. The Morgan fingerprint density at radius 1 is 1.00 bits per heavy atom. The molecule has 1 aliphatic rings. The molecule has 0 bridgehead atoms. The molecule has 0 saturated heterocycles. The van der Waals surface area contributed by atoms with Crippen molar-refractivity contribution in [2.24, 2.45) is 0 Å². The van der Waals surface area contributed by atoms with Gasteiger partial charge < -0.3 is 0 Å². The second kappa shape index (κ2) is 3.50. The van der Waals surface area contributed by atoms with Crippen LogP contribution >= 0.6 is 6.60 Å². The van der Waals surface area contributed by atoms with Gasteiger partial charge in [-0.1, -0.05) is 0 Å². The average molecular weight is 186 g/mol. The third-order valence-corrected chi connectivity index (χ3v) is 12.5. The summed E-state index contributed by atoms with van der Waals surface area (Å²) in [5.41, 5.74) is 0. The minimum atomic E-state index is -1.21. The fourth-order valence-electron chi connectivity index (χ4n) is 2.55. The zero-order valence-electron chi connectivity index (χ0n) is 8.84. The predicted molar refractivity (Wildman–Crippen MR) is 62.0 cm³/mol. The summed E-state index contributed by atoms with van der Waals surface area (Å²) >= 11 is 0. The van der Waals surface area contributed by atoms with Gasteiger partial charge in [-0.25, -0.2) is 0 Å². The topological polar surface area (TPSA) is 0 Å². The normalized spacial score (nSPS) is 29.1. The molecule has 1 rings (SSSR count). The third-order valence-electron chi connectivity index (χ3n) is 4.40. The van der Waals surface area contributed by atoms with E-state index in [1.807, 2.05) is 0 Å². The summed E-state index contributed by atoms with van der Waals surface area (Å²) in [5, 5.41) is 0. The number of rotatable bonds is 3. The van der Waals surface area contributed by atoms with Crippen LogP contribution in [0.1, 0.15) is 27.2 Å². The van der Waals surface area contributed by atoms with Gasteiger partial charge in [-0.2, -0.15) is 0 Å². The van der Waals surface area contributed by atoms with E-state index in [0.29, 0.717) is 0 Å². The van der Waals surface area contributed by atoms with Crippen molar-refractivity contribution in [3.63, 3.8) is 0 Å². The molecular formula is C11H23P. The molecule has 1 heteroatoms. The van der Waals surface area contributed by atoms with E-state index in [9.17, 15) is 0 Å². The molecule has 0 nitrogen and oxygen atoms in total. The summed E-state index contributed by atoms with van der Waals surface area (Å²) in [5.74, 6) is 0. The molecule has 0 aromatic heterocycles. The maximum atomic E-state index is 2.46. The molecule has 0 unspecified atom stereocenters. The van der Waals surface area contributed by atoms with Gasteiger partial charge in [0.25, 0.3) is 0 Å². The van der Waals surface area contributed by atoms with Crippen molar-refractivity contribution in [3.05, 3.63) is 12.2 Å². The fraction of sp³-hybridized carbons (Fsp3) is 0.818. The standard InChI is InChI=1S/C11H23P/c1-4-12(5-2,6-3)10-8-7-9-11-12/h7-8H,4-6,9-11H2,1-3H3. The van der Waals surface area contributed by atoms with Crippen molar-refractivity contribution in [1.82, 2.24) is 0 Å². The van der Waals surface area contributed by atoms with Crippen LogP contribution < -0.4 is 0 Å². The van der Waals surface area contributed by atoms with Crippen LogP contribution in [0.3, 0.4) is 0 Å². The molecule has 0 fully saturated rings. The van der Waals surface area contributed by atoms with Crippen molar-refractivity contribution in [1.29, 1.82) is 0 Å². The summed E-state index contributed by atoms with van der Waals surface area (Å²) in [4.78, 5) is 0. The van der Waals surface area contributed by atoms with Crippen molar-refractivity contribution >= 4 is 6.60 Å². The molecule has 0 N–H and O–H groups in total. The third kappa shape index (κ3) is 1.46. The van der Waals surface area contributed by atoms with E-state index in [1.54, 1.807) is 0 Å². The van der Waals surface area contributed by atoms with E-state index < -0.39 is 6.60 Å². The van der Waals surface area contributed by atoms with Crippen LogP contribution in [0.25, 0.3) is 0 Å². The zero-order valence-corrected chi connectivity index (χ0v) is 9.74. The molecule has 1 aliphatic heterocycles. The molecule has 0 aliphatic carbocycles. The molecule has 0 spiro atoms. The Labute approximate surface area is 77.4 Å². The van der Waals surface area contributed by atoms with Gasteiger partial charge in [0, 0.05) is 0 Å². The quantitative estimate of drug-likeness (QED) is 0.467. The average Bonchev–Trinajstić information content (AvgIpc) is 2.19. The van der Waals surface area contributed by atoms with Crippen LogP contribution in [0.5, 0.6) is 0 Å². The Morgan fingerprint density at radius 2 is 1.58 bits per heavy atom. The van der Waals surface area contributed by atoms with E-state index in [0.717, 1.165) is 0 Å². The van der Waals surface area contributed by atoms with Crippen LogP contribution in [0.4, 0.5) is 0 Å². The van der Waals surface area contributed by atoms with Crippen molar-refractivity contribution < 1.29 is 0 Å². The minimum absolute atomic E-state index is 1.21. The van der Waals surface area contributed by atoms with Gasteiger partial charge in [0.15, 0.2) is 0 Å². The van der Waals surface area contributed by atoms with Crippen LogP contribution in [0.15, 0.2) is 12.2 Å². The Balaban J connectivity index is 2.91. The Kier molecular flexibility index (Phi) is 2.99. The number of hydrogen-bond donors (Lipinski definition) is 0. The summed E-state index contributed by atoms with van der Waals surface area (Å²) < 4.78 is 0. The molecule has 0 atom stereocenters. The van der Waals surface area contributed by atoms with Gasteiger partial charge in [0.2, 0.25) is 0 Å². The molecule has 0 saturated carbocycles. The first-order chi connectivity index (χ1) is 5.70. The molecule has 0 radical (unpaired) electrons. The van der Waals surface area contributed by atoms with E-state index in [4.69, 9.17) is 0 Å². The summed E-state index contributed by atoms with van der Waals surface area (Å²) in [6.07, 6.45) is 13.6. The van der Waals surface area contributed by atoms with E-state index in [-0.39, 0.29) is 0 Å². The number of allylic oxidation sites excluding steroid dienone is 2. The van der Waals surface area contributed by atoms with E-state index >= 15 is 0 Å². The van der Waals surface area contributed by atoms with E-state index in [2.05, 4.69) is 32.9 Å². The molecule has 12 heavy (non-hydrogen) atoms. The van der Waals surface area contributed by atoms with Gasteiger partial charge in [-0.3, -0.25) is 0 Å². The molecule has 1 heterocycles. The fourth-order valence-corrected chi connectivity index (χ4v) is 7.43. The number of hydrogen-bond acceptors (Lipinski definition) is 0. The van der Waals surface area contributed by atoms with Gasteiger partial charge in [-0.05, 0) is 0 Å². The molecule has 72 valence electrons. The molecule has 0 aromatic rings. The van der Waals surface area contributed by atoms with Crippen LogP contribution in [0, 0.1) is 0 Å². The molecule has 0 aromatic carbocycles. The first kappa shape index (κ1) is 10.3. The second-order valence-electron chi connectivity index (χ2n) is 4.35. The summed E-state index contributed by atoms with van der Waals surface area (Å²) in [6, 6.07) is 0. The monoisotopic (exact) mass is 186 g/mol.